The summed E-state index contributed by atoms with van der Waals surface area (Å²) in [5.74, 6) is 0.114. The molecule has 4 aliphatic carbocycles. The smallest absolute Gasteiger partial charge is 0.477 e. The molecule has 3 aromatic heterocycles. The second kappa shape index (κ2) is 10.2. The number of para-hydroxylation sites is 1. The Hall–Kier alpha value is -4.26. The van der Waals surface area contributed by atoms with E-state index in [0.29, 0.717) is 28.5 Å². The normalized spacial score (nSPS) is 23.4. The van der Waals surface area contributed by atoms with Gasteiger partial charge in [-0.25, -0.2) is 9.78 Å². The highest BCUT2D eigenvalue weighted by Crippen LogP contribution is 2.55. The van der Waals surface area contributed by atoms with E-state index in [-0.39, 0.29) is 40.8 Å². The summed E-state index contributed by atoms with van der Waals surface area (Å²) in [5, 5.41) is 17.7. The van der Waals surface area contributed by atoms with E-state index in [1.165, 1.54) is 18.2 Å². The number of ether oxygens (including phenoxy) is 2. The van der Waals surface area contributed by atoms with Gasteiger partial charge in [0.2, 0.25) is 0 Å². The van der Waals surface area contributed by atoms with Crippen molar-refractivity contribution in [3.63, 3.8) is 0 Å². The van der Waals surface area contributed by atoms with Crippen molar-refractivity contribution in [3.05, 3.63) is 65.3 Å². The zero-order valence-electron chi connectivity index (χ0n) is 22.9. The first-order chi connectivity index (χ1) is 20.6. The Morgan fingerprint density at radius 2 is 1.70 bits per heavy atom. The summed E-state index contributed by atoms with van der Waals surface area (Å²) in [4.78, 5) is 20.0. The molecule has 1 N–H and O–H groups in total. The minimum atomic E-state index is -4.84. The Morgan fingerprint density at radius 3 is 2.40 bits per heavy atom. The molecular formula is C30H27F3N4O6. The number of aromatic nitrogens is 4. The molecule has 43 heavy (non-hydrogen) atoms. The number of hydrogen-bond donors (Lipinski definition) is 1. The minimum Gasteiger partial charge on any atom is -0.477 e. The van der Waals surface area contributed by atoms with Crippen LogP contribution >= 0.6 is 0 Å². The van der Waals surface area contributed by atoms with Crippen LogP contribution in [-0.4, -0.2) is 43.3 Å². The molecule has 0 saturated heterocycles. The van der Waals surface area contributed by atoms with Gasteiger partial charge in [-0.1, -0.05) is 28.5 Å². The van der Waals surface area contributed by atoms with Crippen LogP contribution < -0.4 is 4.74 Å². The van der Waals surface area contributed by atoms with Crippen molar-refractivity contribution < 1.29 is 41.6 Å². The van der Waals surface area contributed by atoms with Gasteiger partial charge in [0, 0.05) is 22.5 Å². The van der Waals surface area contributed by atoms with Crippen molar-refractivity contribution >= 4 is 5.97 Å². The Labute approximate surface area is 243 Å². The molecule has 0 spiro atoms. The molecule has 4 aromatic rings. The van der Waals surface area contributed by atoms with Gasteiger partial charge < -0.3 is 23.6 Å². The Balaban J connectivity index is 1.08. The number of alkyl halides is 3. The molecule has 4 fully saturated rings. The summed E-state index contributed by atoms with van der Waals surface area (Å²) in [5.41, 5.74) is 0.683. The second-order valence-corrected chi connectivity index (χ2v) is 11.6. The lowest BCUT2D eigenvalue weighted by atomic mass is 9.58. The van der Waals surface area contributed by atoms with Crippen LogP contribution in [0.1, 0.15) is 84.9 Å². The summed E-state index contributed by atoms with van der Waals surface area (Å²) in [7, 11) is 0. The maximum absolute atomic E-state index is 13.1. The standard InChI is InChI=1S/C30H27F3N4O6/c31-30(32,33)41-22-7-2-1-4-18(22)23-19(24(42-36-23)17-8-9-17)16-40-29-13-10-28(11-14-29,12-15-29)27-35-25(43-37-27)20-5-3-6-21(34-20)26(38)39/h1-7,17H,8-16H2,(H,38,39). The molecule has 0 atom stereocenters. The fourth-order valence-corrected chi connectivity index (χ4v) is 6.36. The minimum absolute atomic E-state index is 0.107. The van der Waals surface area contributed by atoms with Gasteiger partial charge in [-0.15, -0.1) is 13.2 Å². The highest BCUT2D eigenvalue weighted by atomic mass is 19.4. The van der Waals surface area contributed by atoms with Gasteiger partial charge in [0.25, 0.3) is 5.89 Å². The predicted molar refractivity (Wildman–Crippen MR) is 142 cm³/mol. The van der Waals surface area contributed by atoms with Crippen molar-refractivity contribution in [2.45, 2.75) is 81.3 Å². The average Bonchev–Trinajstić information content (AvgIpc) is 3.55. The zero-order valence-corrected chi connectivity index (χ0v) is 22.9. The van der Waals surface area contributed by atoms with Crippen molar-refractivity contribution in [1.29, 1.82) is 0 Å². The molecule has 0 unspecified atom stereocenters. The van der Waals surface area contributed by atoms with Crippen molar-refractivity contribution in [2.24, 2.45) is 0 Å². The van der Waals surface area contributed by atoms with E-state index in [0.717, 1.165) is 51.4 Å². The van der Waals surface area contributed by atoms with Gasteiger partial charge in [0.1, 0.15) is 28.6 Å². The number of carboxylic acid groups (broad SMARTS) is 1. The number of benzene rings is 1. The lowest BCUT2D eigenvalue weighted by molar-refractivity contribution is -0.274. The van der Waals surface area contributed by atoms with E-state index in [9.17, 15) is 23.1 Å². The first kappa shape index (κ1) is 27.6. The zero-order chi connectivity index (χ0) is 29.8. The number of pyridine rings is 1. The van der Waals surface area contributed by atoms with Crippen LogP contribution in [0.25, 0.3) is 22.8 Å². The van der Waals surface area contributed by atoms with Crippen LogP contribution in [-0.2, 0) is 16.8 Å². The van der Waals surface area contributed by atoms with Gasteiger partial charge in [-0.2, -0.15) is 4.98 Å². The molecule has 4 saturated carbocycles. The Kier molecular flexibility index (Phi) is 6.53. The molecule has 224 valence electrons. The number of rotatable bonds is 9. The quantitative estimate of drug-likeness (QED) is 0.219. The van der Waals surface area contributed by atoms with Crippen molar-refractivity contribution in [1.82, 2.24) is 20.3 Å². The summed E-state index contributed by atoms with van der Waals surface area (Å²) in [6, 6.07) is 10.5. The van der Waals surface area contributed by atoms with Crippen molar-refractivity contribution in [2.75, 3.05) is 0 Å². The largest absolute Gasteiger partial charge is 0.573 e. The fourth-order valence-electron chi connectivity index (χ4n) is 6.36. The van der Waals surface area contributed by atoms with Crippen LogP contribution in [0, 0.1) is 0 Å². The number of nitrogens with zero attached hydrogens (tertiary/aromatic N) is 4. The molecule has 0 radical (unpaired) electrons. The van der Waals surface area contributed by atoms with Crippen LogP contribution in [0.2, 0.25) is 0 Å². The molecule has 4 aliphatic rings. The van der Waals surface area contributed by atoms with E-state index in [4.69, 9.17) is 13.8 Å². The summed E-state index contributed by atoms with van der Waals surface area (Å²) < 4.78 is 61.5. The molecule has 3 heterocycles. The number of aromatic carboxylic acids is 1. The molecule has 13 heteroatoms. The molecule has 2 bridgehead atoms. The van der Waals surface area contributed by atoms with Gasteiger partial charge >= 0.3 is 12.3 Å². The molecule has 8 rings (SSSR count). The van der Waals surface area contributed by atoms with Crippen LogP contribution in [0.4, 0.5) is 13.2 Å². The third-order valence-corrected chi connectivity index (χ3v) is 8.92. The third-order valence-electron chi connectivity index (χ3n) is 8.92. The number of carboxylic acids is 1. The average molecular weight is 597 g/mol. The third kappa shape index (κ3) is 5.26. The Bertz CT molecular complexity index is 1650. The SMILES string of the molecule is O=C(O)c1cccc(-c2nc(C34CCC(OCc5c(-c6ccccc6OC(F)(F)F)noc5C5CC5)(CC3)CC4)no2)n1. The van der Waals surface area contributed by atoms with Gasteiger partial charge in [-0.3, -0.25) is 0 Å². The topological polar surface area (TPSA) is 134 Å². The molecule has 0 amide bonds. The predicted octanol–water partition coefficient (Wildman–Crippen LogP) is 6.82. The lowest BCUT2D eigenvalue weighted by Crippen LogP contribution is -2.50. The molecule has 0 aliphatic heterocycles. The highest BCUT2D eigenvalue weighted by Gasteiger charge is 2.52. The molecule has 10 nitrogen and oxygen atoms in total. The van der Waals surface area contributed by atoms with E-state index in [1.54, 1.807) is 24.3 Å². The van der Waals surface area contributed by atoms with Crippen LogP contribution in [0.15, 0.2) is 51.5 Å². The second-order valence-electron chi connectivity index (χ2n) is 11.6. The maximum atomic E-state index is 13.1. The highest BCUT2D eigenvalue weighted by molar-refractivity contribution is 5.85. The van der Waals surface area contributed by atoms with Gasteiger partial charge in [0.05, 0.1) is 12.2 Å². The summed E-state index contributed by atoms with van der Waals surface area (Å²) in [6.45, 7) is 0.163. The van der Waals surface area contributed by atoms with Crippen LogP contribution in [0.5, 0.6) is 5.75 Å². The van der Waals surface area contributed by atoms with E-state index in [2.05, 4.69) is 25.0 Å². The summed E-state index contributed by atoms with van der Waals surface area (Å²) in [6.07, 6.45) is 1.56. The van der Waals surface area contributed by atoms with Gasteiger partial charge in [0.15, 0.2) is 5.82 Å². The molecule has 1 aromatic carbocycles. The number of carbonyl (C=O) groups is 1. The first-order valence-corrected chi connectivity index (χ1v) is 14.2. The number of halogens is 3. The molecular weight excluding hydrogens is 569 g/mol. The Morgan fingerprint density at radius 1 is 0.953 bits per heavy atom. The first-order valence-electron chi connectivity index (χ1n) is 14.2. The summed E-state index contributed by atoms with van der Waals surface area (Å²) >= 11 is 0. The monoisotopic (exact) mass is 596 g/mol. The van der Waals surface area contributed by atoms with Gasteiger partial charge in [-0.05, 0) is 75.6 Å². The van der Waals surface area contributed by atoms with E-state index in [1.807, 2.05) is 0 Å². The van der Waals surface area contributed by atoms with Crippen molar-refractivity contribution in [3.8, 4) is 28.6 Å². The van der Waals surface area contributed by atoms with E-state index < -0.39 is 17.9 Å². The number of hydrogen-bond acceptors (Lipinski definition) is 9. The van der Waals surface area contributed by atoms with Crippen LogP contribution in [0.3, 0.4) is 0 Å². The fraction of sp³-hybridized carbons (Fsp3) is 0.433. The maximum Gasteiger partial charge on any atom is 0.573 e. The lowest BCUT2D eigenvalue weighted by Gasteiger charge is -2.51. The number of fused-ring (bicyclic) bond motifs is 3. The van der Waals surface area contributed by atoms with E-state index >= 15 is 0 Å².